The van der Waals surface area contributed by atoms with Gasteiger partial charge in [0.2, 0.25) is 0 Å². The van der Waals surface area contributed by atoms with Gasteiger partial charge in [-0.05, 0) is 50.1 Å². The van der Waals surface area contributed by atoms with Crippen LogP contribution in [0.1, 0.15) is 19.4 Å². The Hall–Kier alpha value is -1.96. The van der Waals surface area contributed by atoms with Crippen LogP contribution in [-0.2, 0) is 6.42 Å². The molecule has 0 spiro atoms. The molecule has 0 heterocycles. The summed E-state index contributed by atoms with van der Waals surface area (Å²) in [6, 6.07) is 15.0. The lowest BCUT2D eigenvalue weighted by Gasteiger charge is -2.28. The number of aliphatic hydroxyl groups excluding tert-OH is 1. The van der Waals surface area contributed by atoms with E-state index in [1.807, 2.05) is 44.2 Å². The zero-order valence-electron chi connectivity index (χ0n) is 15.7. The number of aliphatic hydroxyl groups is 1. The second-order valence-corrected chi connectivity index (χ2v) is 6.91. The summed E-state index contributed by atoms with van der Waals surface area (Å²) in [5, 5.41) is 13.3. The average molecular weight is 420 g/mol. The molecule has 8 heteroatoms. The number of hydrogen-bond acceptors (Lipinski definition) is 4. The van der Waals surface area contributed by atoms with Crippen LogP contribution >= 0.6 is 12.4 Å². The van der Waals surface area contributed by atoms with Gasteiger partial charge in [0.05, 0.1) is 0 Å². The van der Waals surface area contributed by atoms with Crippen LogP contribution < -0.4 is 14.8 Å². The number of para-hydroxylation sites is 1. The van der Waals surface area contributed by atoms with E-state index in [1.165, 1.54) is 12.1 Å². The maximum atomic E-state index is 12.2. The molecular formula is C20H25ClF3NO3. The molecule has 1 atom stereocenters. The molecule has 0 saturated carbocycles. The molecule has 0 saturated heterocycles. The summed E-state index contributed by atoms with van der Waals surface area (Å²) in [4.78, 5) is 0. The van der Waals surface area contributed by atoms with Crippen LogP contribution in [0.5, 0.6) is 11.5 Å². The minimum absolute atomic E-state index is 0. The number of β-amino-alcohol motifs (C(OH)–C–C–N with tert-alkyl or cyclic N) is 1. The van der Waals surface area contributed by atoms with Gasteiger partial charge < -0.3 is 19.9 Å². The van der Waals surface area contributed by atoms with E-state index in [1.54, 1.807) is 12.1 Å². The Morgan fingerprint density at radius 3 is 2.14 bits per heavy atom. The normalized spacial score (nSPS) is 12.8. The Bertz CT molecular complexity index is 694. The predicted octanol–water partition coefficient (Wildman–Crippen LogP) is 4.36. The largest absolute Gasteiger partial charge is 0.573 e. The average Bonchev–Trinajstić information content (AvgIpc) is 2.59. The van der Waals surface area contributed by atoms with Crippen molar-refractivity contribution in [3.05, 3.63) is 60.2 Å². The van der Waals surface area contributed by atoms with E-state index >= 15 is 0 Å². The van der Waals surface area contributed by atoms with Crippen molar-refractivity contribution in [3.8, 4) is 11.5 Å². The molecule has 2 N–H and O–H groups in total. The lowest BCUT2D eigenvalue weighted by atomic mass is 9.94. The maximum Gasteiger partial charge on any atom is 0.573 e. The van der Waals surface area contributed by atoms with Crippen molar-refractivity contribution in [1.82, 2.24) is 5.32 Å². The van der Waals surface area contributed by atoms with Gasteiger partial charge in [0.1, 0.15) is 24.2 Å². The van der Waals surface area contributed by atoms with Crippen LogP contribution in [0, 0.1) is 0 Å². The van der Waals surface area contributed by atoms with E-state index in [0.717, 1.165) is 5.56 Å². The quantitative estimate of drug-likeness (QED) is 0.634. The third-order valence-electron chi connectivity index (χ3n) is 3.80. The third kappa shape index (κ3) is 9.30. The summed E-state index contributed by atoms with van der Waals surface area (Å²) in [6.45, 7) is 4.40. The number of rotatable bonds is 9. The van der Waals surface area contributed by atoms with Crippen LogP contribution in [0.3, 0.4) is 0 Å². The van der Waals surface area contributed by atoms with Crippen LogP contribution in [-0.4, -0.2) is 36.3 Å². The number of halogens is 4. The van der Waals surface area contributed by atoms with Gasteiger partial charge >= 0.3 is 6.36 Å². The van der Waals surface area contributed by atoms with E-state index in [-0.39, 0.29) is 30.3 Å². The van der Waals surface area contributed by atoms with E-state index in [2.05, 4.69) is 10.1 Å². The SMILES string of the molecule is CC(C)(Cc1ccc(OC(F)(F)F)cc1)NCC(O)COc1ccccc1.Cl. The van der Waals surface area contributed by atoms with E-state index in [9.17, 15) is 18.3 Å². The topological polar surface area (TPSA) is 50.7 Å². The van der Waals surface area contributed by atoms with Crippen molar-refractivity contribution in [2.24, 2.45) is 0 Å². The zero-order valence-corrected chi connectivity index (χ0v) is 16.5. The highest BCUT2D eigenvalue weighted by molar-refractivity contribution is 5.85. The smallest absolute Gasteiger partial charge is 0.491 e. The van der Waals surface area contributed by atoms with Gasteiger partial charge in [-0.15, -0.1) is 25.6 Å². The molecule has 0 aliphatic heterocycles. The van der Waals surface area contributed by atoms with Crippen molar-refractivity contribution in [1.29, 1.82) is 0 Å². The number of alkyl halides is 3. The Labute approximate surface area is 169 Å². The summed E-state index contributed by atoms with van der Waals surface area (Å²) in [5.74, 6) is 0.447. The molecule has 2 aromatic carbocycles. The lowest BCUT2D eigenvalue weighted by molar-refractivity contribution is -0.274. The van der Waals surface area contributed by atoms with E-state index < -0.39 is 12.5 Å². The highest BCUT2D eigenvalue weighted by atomic mass is 35.5. The van der Waals surface area contributed by atoms with Gasteiger partial charge in [-0.3, -0.25) is 0 Å². The van der Waals surface area contributed by atoms with E-state index in [0.29, 0.717) is 18.7 Å². The summed E-state index contributed by atoms with van der Waals surface area (Å²) in [5.41, 5.74) is 0.497. The zero-order chi connectivity index (χ0) is 19.9. The van der Waals surface area contributed by atoms with Gasteiger partial charge in [-0.1, -0.05) is 30.3 Å². The molecule has 1 unspecified atom stereocenters. The molecule has 0 radical (unpaired) electrons. The number of hydrogen-bond donors (Lipinski definition) is 2. The first-order valence-electron chi connectivity index (χ1n) is 8.59. The molecular weight excluding hydrogens is 395 g/mol. The third-order valence-corrected chi connectivity index (χ3v) is 3.80. The van der Waals surface area contributed by atoms with Crippen molar-refractivity contribution >= 4 is 12.4 Å². The van der Waals surface area contributed by atoms with Crippen LogP contribution in [0.2, 0.25) is 0 Å². The van der Waals surface area contributed by atoms with Gasteiger partial charge in [0.15, 0.2) is 0 Å². The first-order chi connectivity index (χ1) is 12.6. The monoisotopic (exact) mass is 419 g/mol. The van der Waals surface area contributed by atoms with Crippen molar-refractivity contribution < 1.29 is 27.8 Å². The van der Waals surface area contributed by atoms with Crippen molar-refractivity contribution in [2.75, 3.05) is 13.2 Å². The first kappa shape index (κ1) is 24.1. The molecule has 0 fully saturated rings. The molecule has 0 aromatic heterocycles. The minimum Gasteiger partial charge on any atom is -0.491 e. The highest BCUT2D eigenvalue weighted by Gasteiger charge is 2.31. The van der Waals surface area contributed by atoms with E-state index in [4.69, 9.17) is 4.74 Å². The summed E-state index contributed by atoms with van der Waals surface area (Å²) < 4.78 is 46.0. The standard InChI is InChI=1S/C20H24F3NO3.ClH/c1-19(2,12-15-8-10-18(11-9-15)27-20(21,22)23)24-13-16(25)14-26-17-6-4-3-5-7-17;/h3-11,16,24-25H,12-14H2,1-2H3;1H. The molecule has 2 aromatic rings. The second-order valence-electron chi connectivity index (χ2n) is 6.91. The molecule has 4 nitrogen and oxygen atoms in total. The highest BCUT2D eigenvalue weighted by Crippen LogP contribution is 2.23. The second kappa shape index (κ2) is 10.5. The predicted molar refractivity (Wildman–Crippen MR) is 104 cm³/mol. The Morgan fingerprint density at radius 1 is 0.964 bits per heavy atom. The Balaban J connectivity index is 0.00000392. The molecule has 2 rings (SSSR count). The number of ether oxygens (including phenoxy) is 2. The van der Waals surface area contributed by atoms with Gasteiger partial charge in [0, 0.05) is 12.1 Å². The fourth-order valence-electron chi connectivity index (χ4n) is 2.54. The lowest BCUT2D eigenvalue weighted by Crippen LogP contribution is -2.46. The molecule has 0 aliphatic rings. The Morgan fingerprint density at radius 2 is 1.57 bits per heavy atom. The van der Waals surface area contributed by atoms with Crippen molar-refractivity contribution in [3.63, 3.8) is 0 Å². The van der Waals surface area contributed by atoms with Gasteiger partial charge in [-0.25, -0.2) is 0 Å². The Kier molecular flexibility index (Phi) is 9.07. The molecule has 28 heavy (non-hydrogen) atoms. The summed E-state index contributed by atoms with van der Waals surface area (Å²) in [6.07, 6.45) is -4.81. The number of benzene rings is 2. The fourth-order valence-corrected chi connectivity index (χ4v) is 2.54. The maximum absolute atomic E-state index is 12.2. The summed E-state index contributed by atoms with van der Waals surface area (Å²) in [7, 11) is 0. The molecule has 0 bridgehead atoms. The van der Waals surface area contributed by atoms with Crippen LogP contribution in [0.4, 0.5) is 13.2 Å². The van der Waals surface area contributed by atoms with Crippen LogP contribution in [0.15, 0.2) is 54.6 Å². The van der Waals surface area contributed by atoms with Crippen LogP contribution in [0.25, 0.3) is 0 Å². The summed E-state index contributed by atoms with van der Waals surface area (Å²) >= 11 is 0. The fraction of sp³-hybridized carbons (Fsp3) is 0.400. The molecule has 0 amide bonds. The van der Waals surface area contributed by atoms with Gasteiger partial charge in [0.25, 0.3) is 0 Å². The number of nitrogens with one attached hydrogen (secondary N) is 1. The molecule has 0 aliphatic carbocycles. The van der Waals surface area contributed by atoms with Gasteiger partial charge in [-0.2, -0.15) is 0 Å². The first-order valence-corrected chi connectivity index (χ1v) is 8.59. The minimum atomic E-state index is -4.69. The molecule has 156 valence electrons. The van der Waals surface area contributed by atoms with Crippen molar-refractivity contribution in [2.45, 2.75) is 38.3 Å².